The Kier molecular flexibility index (Phi) is 4.75. The third-order valence-electron chi connectivity index (χ3n) is 3.59. The first-order chi connectivity index (χ1) is 11.1. The SMILES string of the molecule is O=CC1C(Br)=C(c2ccc(CS(=O)[O-])cc2)Oc2ccccc21. The Morgan fingerprint density at radius 3 is 2.52 bits per heavy atom. The van der Waals surface area contributed by atoms with Crippen LogP contribution in [0.5, 0.6) is 5.75 Å². The summed E-state index contributed by atoms with van der Waals surface area (Å²) in [5.74, 6) is 0.771. The van der Waals surface area contributed by atoms with Gasteiger partial charge in [0.1, 0.15) is 17.8 Å². The molecule has 1 aliphatic heterocycles. The number of hydrogen-bond acceptors (Lipinski definition) is 4. The van der Waals surface area contributed by atoms with Gasteiger partial charge in [-0.05, 0) is 11.6 Å². The van der Waals surface area contributed by atoms with Gasteiger partial charge in [0.05, 0.1) is 10.4 Å². The number of aldehydes is 1. The minimum absolute atomic E-state index is 0.0266. The van der Waals surface area contributed by atoms with Crippen LogP contribution in [0.4, 0.5) is 0 Å². The van der Waals surface area contributed by atoms with E-state index in [9.17, 15) is 13.6 Å². The second kappa shape index (κ2) is 6.78. The largest absolute Gasteiger partial charge is 0.772 e. The van der Waals surface area contributed by atoms with Crippen molar-refractivity contribution in [2.75, 3.05) is 0 Å². The lowest BCUT2D eigenvalue weighted by Crippen LogP contribution is -2.13. The molecule has 2 atom stereocenters. The Hall–Kier alpha value is -1.76. The molecular formula is C17H12BrO4S-. The van der Waals surface area contributed by atoms with Gasteiger partial charge < -0.3 is 14.1 Å². The van der Waals surface area contributed by atoms with Gasteiger partial charge in [0.25, 0.3) is 0 Å². The fourth-order valence-electron chi connectivity index (χ4n) is 2.49. The summed E-state index contributed by atoms with van der Waals surface area (Å²) in [4.78, 5) is 11.5. The number of hydrogen-bond donors (Lipinski definition) is 0. The summed E-state index contributed by atoms with van der Waals surface area (Å²) in [5, 5.41) is 0. The molecule has 0 bridgehead atoms. The van der Waals surface area contributed by atoms with Crippen molar-refractivity contribution in [3.63, 3.8) is 0 Å². The zero-order valence-electron chi connectivity index (χ0n) is 11.9. The van der Waals surface area contributed by atoms with Crippen molar-refractivity contribution in [2.45, 2.75) is 11.7 Å². The first-order valence-electron chi connectivity index (χ1n) is 6.87. The number of para-hydroxylation sites is 1. The number of allylic oxidation sites excluding steroid dienone is 1. The third kappa shape index (κ3) is 3.29. The maximum atomic E-state index is 11.5. The van der Waals surface area contributed by atoms with Crippen LogP contribution in [0.15, 0.2) is 53.0 Å². The molecule has 3 rings (SSSR count). The number of carbonyl (C=O) groups excluding carboxylic acids is 1. The molecule has 2 aromatic rings. The predicted octanol–water partition coefficient (Wildman–Crippen LogP) is 3.50. The van der Waals surface area contributed by atoms with Gasteiger partial charge in [-0.15, -0.1) is 0 Å². The molecule has 0 fully saturated rings. The third-order valence-corrected chi connectivity index (χ3v) is 5.02. The lowest BCUT2D eigenvalue weighted by Gasteiger charge is -2.25. The van der Waals surface area contributed by atoms with Crippen LogP contribution in [0.3, 0.4) is 0 Å². The van der Waals surface area contributed by atoms with E-state index in [1.54, 1.807) is 24.3 Å². The van der Waals surface area contributed by atoms with E-state index in [0.717, 1.165) is 17.4 Å². The Bertz CT molecular complexity index is 798. The van der Waals surface area contributed by atoms with Gasteiger partial charge >= 0.3 is 0 Å². The minimum Gasteiger partial charge on any atom is -0.772 e. The summed E-state index contributed by atoms with van der Waals surface area (Å²) in [7, 11) is 0. The molecule has 1 aliphatic rings. The molecule has 0 saturated heterocycles. The van der Waals surface area contributed by atoms with Gasteiger partial charge in [-0.3, -0.25) is 4.21 Å². The molecule has 2 aromatic carbocycles. The molecule has 0 spiro atoms. The molecule has 6 heteroatoms. The number of fused-ring (bicyclic) bond motifs is 1. The first-order valence-corrected chi connectivity index (χ1v) is 8.90. The zero-order chi connectivity index (χ0) is 16.4. The van der Waals surface area contributed by atoms with Gasteiger partial charge in [0.15, 0.2) is 0 Å². The van der Waals surface area contributed by atoms with Crippen molar-refractivity contribution < 1.29 is 18.3 Å². The number of halogens is 1. The highest BCUT2D eigenvalue weighted by atomic mass is 79.9. The topological polar surface area (TPSA) is 66.4 Å². The molecule has 0 saturated carbocycles. The van der Waals surface area contributed by atoms with Crippen molar-refractivity contribution in [3.05, 3.63) is 69.7 Å². The zero-order valence-corrected chi connectivity index (χ0v) is 14.3. The van der Waals surface area contributed by atoms with Crippen LogP contribution in [0.1, 0.15) is 22.6 Å². The Morgan fingerprint density at radius 1 is 1.17 bits per heavy atom. The van der Waals surface area contributed by atoms with Gasteiger partial charge in [0.2, 0.25) is 0 Å². The van der Waals surface area contributed by atoms with Crippen LogP contribution in [0, 0.1) is 0 Å². The smallest absolute Gasteiger partial charge is 0.145 e. The normalized spacial score (nSPS) is 18.1. The lowest BCUT2D eigenvalue weighted by atomic mass is 9.95. The Balaban J connectivity index is 1.99. The summed E-state index contributed by atoms with van der Waals surface area (Å²) in [5.41, 5.74) is 2.29. The summed E-state index contributed by atoms with van der Waals surface area (Å²) in [6.07, 6.45) is 0.875. The summed E-state index contributed by atoms with van der Waals surface area (Å²) < 4.78 is 28.1. The van der Waals surface area contributed by atoms with Crippen LogP contribution in [-0.4, -0.2) is 15.0 Å². The van der Waals surface area contributed by atoms with Crippen molar-refractivity contribution in [3.8, 4) is 5.75 Å². The standard InChI is InChI=1S/C17H13BrO4S/c18-16-14(9-19)13-3-1-2-4-15(13)22-17(16)12-7-5-11(6-8-12)10-23(20)21/h1-9,14H,10H2,(H,20,21)/p-1. The van der Waals surface area contributed by atoms with Gasteiger partial charge in [-0.1, -0.05) is 69.5 Å². The number of ether oxygens (including phenoxy) is 1. The Morgan fingerprint density at radius 2 is 1.87 bits per heavy atom. The molecule has 118 valence electrons. The van der Waals surface area contributed by atoms with Crippen LogP contribution in [-0.2, 0) is 21.6 Å². The monoisotopic (exact) mass is 391 g/mol. The molecule has 4 nitrogen and oxygen atoms in total. The maximum Gasteiger partial charge on any atom is 0.145 e. The predicted molar refractivity (Wildman–Crippen MR) is 90.8 cm³/mol. The van der Waals surface area contributed by atoms with E-state index in [1.165, 1.54) is 0 Å². The van der Waals surface area contributed by atoms with E-state index < -0.39 is 17.0 Å². The van der Waals surface area contributed by atoms with Crippen molar-refractivity contribution in [1.82, 2.24) is 0 Å². The van der Waals surface area contributed by atoms with Crippen LogP contribution in [0.2, 0.25) is 0 Å². The van der Waals surface area contributed by atoms with Gasteiger partial charge in [-0.25, -0.2) is 0 Å². The number of benzene rings is 2. The first kappa shape index (κ1) is 16.1. The average molecular weight is 392 g/mol. The van der Waals surface area contributed by atoms with Crippen LogP contribution in [0.25, 0.3) is 5.76 Å². The Labute approximate surface area is 144 Å². The quantitative estimate of drug-likeness (QED) is 0.590. The van der Waals surface area contributed by atoms with E-state index >= 15 is 0 Å². The summed E-state index contributed by atoms with van der Waals surface area (Å²) in [6.45, 7) is 0. The molecule has 0 aromatic heterocycles. The number of rotatable bonds is 4. The molecule has 23 heavy (non-hydrogen) atoms. The van der Waals surface area contributed by atoms with Crippen molar-refractivity contribution >= 4 is 39.1 Å². The van der Waals surface area contributed by atoms with Crippen LogP contribution >= 0.6 is 15.9 Å². The highest BCUT2D eigenvalue weighted by molar-refractivity contribution is 9.11. The molecule has 0 aliphatic carbocycles. The number of carbonyl (C=O) groups is 1. The lowest BCUT2D eigenvalue weighted by molar-refractivity contribution is -0.108. The second-order valence-corrected chi connectivity index (χ2v) is 6.83. The highest BCUT2D eigenvalue weighted by Gasteiger charge is 2.28. The van der Waals surface area contributed by atoms with E-state index in [-0.39, 0.29) is 5.75 Å². The highest BCUT2D eigenvalue weighted by Crippen LogP contribution is 2.43. The molecule has 0 N–H and O–H groups in total. The van der Waals surface area contributed by atoms with Crippen molar-refractivity contribution in [2.24, 2.45) is 0 Å². The second-order valence-electron chi connectivity index (χ2n) is 5.08. The summed E-state index contributed by atoms with van der Waals surface area (Å²) in [6, 6.07) is 14.4. The molecule has 2 unspecified atom stereocenters. The average Bonchev–Trinajstić information content (AvgIpc) is 2.55. The van der Waals surface area contributed by atoms with E-state index in [4.69, 9.17) is 4.74 Å². The van der Waals surface area contributed by atoms with Gasteiger partial charge in [0, 0.05) is 16.9 Å². The fourth-order valence-corrected chi connectivity index (χ4v) is 3.61. The molecular weight excluding hydrogens is 380 g/mol. The van der Waals surface area contributed by atoms with E-state index in [0.29, 0.717) is 21.6 Å². The maximum absolute atomic E-state index is 11.5. The van der Waals surface area contributed by atoms with Crippen LogP contribution < -0.4 is 4.74 Å². The minimum atomic E-state index is -2.12. The molecule has 0 radical (unpaired) electrons. The summed E-state index contributed by atoms with van der Waals surface area (Å²) >= 11 is 1.35. The van der Waals surface area contributed by atoms with E-state index in [2.05, 4.69) is 15.9 Å². The van der Waals surface area contributed by atoms with Gasteiger partial charge in [-0.2, -0.15) is 0 Å². The van der Waals surface area contributed by atoms with E-state index in [1.807, 2.05) is 24.3 Å². The molecule has 0 amide bonds. The molecule has 1 heterocycles. The fraction of sp³-hybridized carbons (Fsp3) is 0.118. The van der Waals surface area contributed by atoms with Crippen molar-refractivity contribution in [1.29, 1.82) is 0 Å².